The zero-order chi connectivity index (χ0) is 25.2. The predicted molar refractivity (Wildman–Crippen MR) is 133 cm³/mol. The maximum atomic E-state index is 13.1. The summed E-state index contributed by atoms with van der Waals surface area (Å²) >= 11 is 0. The number of carbonyl (C=O) groups is 2. The molecular weight excluding hydrogens is 461 g/mol. The Morgan fingerprint density at radius 2 is 1.67 bits per heavy atom. The topological polar surface area (TPSA) is 76.8 Å². The summed E-state index contributed by atoms with van der Waals surface area (Å²) in [5, 5.41) is 0.409. The molecule has 0 radical (unpaired) electrons. The van der Waals surface area contributed by atoms with Crippen LogP contribution in [0.15, 0.2) is 82.0 Å². The van der Waals surface area contributed by atoms with Gasteiger partial charge in [0.05, 0.1) is 16.9 Å². The summed E-state index contributed by atoms with van der Waals surface area (Å²) in [6.45, 7) is 2.55. The highest BCUT2D eigenvalue weighted by Crippen LogP contribution is 2.28. The van der Waals surface area contributed by atoms with Gasteiger partial charge in [0.15, 0.2) is 0 Å². The molecule has 7 heteroatoms. The molecule has 1 saturated heterocycles. The van der Waals surface area contributed by atoms with Gasteiger partial charge in [-0.2, -0.15) is 0 Å². The number of halogens is 1. The van der Waals surface area contributed by atoms with Crippen molar-refractivity contribution in [2.75, 3.05) is 13.1 Å². The molecule has 1 fully saturated rings. The van der Waals surface area contributed by atoms with Gasteiger partial charge >= 0.3 is 5.97 Å². The number of esters is 1. The summed E-state index contributed by atoms with van der Waals surface area (Å²) in [5.41, 5.74) is 1.92. The van der Waals surface area contributed by atoms with E-state index in [9.17, 15) is 18.8 Å². The van der Waals surface area contributed by atoms with Gasteiger partial charge in [-0.3, -0.25) is 14.4 Å². The second-order valence-electron chi connectivity index (χ2n) is 8.88. The highest BCUT2D eigenvalue weighted by atomic mass is 19.1. The monoisotopic (exact) mass is 485 g/mol. The van der Waals surface area contributed by atoms with E-state index >= 15 is 0 Å². The van der Waals surface area contributed by atoms with Crippen LogP contribution < -0.4 is 10.2 Å². The molecule has 4 aromatic rings. The average Bonchev–Trinajstić information content (AvgIpc) is 2.89. The molecule has 182 valence electrons. The van der Waals surface area contributed by atoms with Crippen molar-refractivity contribution in [3.8, 4) is 16.9 Å². The maximum absolute atomic E-state index is 13.1. The lowest BCUT2D eigenvalue weighted by atomic mass is 9.96. The average molecular weight is 486 g/mol. The minimum Gasteiger partial charge on any atom is -0.460 e. The van der Waals surface area contributed by atoms with Gasteiger partial charge in [-0.25, -0.2) is 4.39 Å². The fourth-order valence-corrected chi connectivity index (χ4v) is 4.58. The third-order valence-corrected chi connectivity index (χ3v) is 6.53. The number of hydrogen-bond acceptors (Lipinski definition) is 5. The van der Waals surface area contributed by atoms with Crippen LogP contribution in [0.25, 0.3) is 22.1 Å². The summed E-state index contributed by atoms with van der Waals surface area (Å²) < 4.78 is 24.7. The van der Waals surface area contributed by atoms with Gasteiger partial charge in [-0.1, -0.05) is 30.3 Å². The van der Waals surface area contributed by atoms with Gasteiger partial charge in [0.2, 0.25) is 5.43 Å². The molecule has 0 N–H and O–H groups in total. The number of nitrogens with zero attached hydrogens (tertiary/aromatic N) is 1. The van der Waals surface area contributed by atoms with Crippen LogP contribution >= 0.6 is 0 Å². The fourth-order valence-electron chi connectivity index (χ4n) is 4.58. The molecule has 0 atom stereocenters. The van der Waals surface area contributed by atoms with Crippen LogP contribution in [-0.4, -0.2) is 29.9 Å². The number of hydrogen-bond donors (Lipinski definition) is 0. The van der Waals surface area contributed by atoms with Crippen molar-refractivity contribution in [2.24, 2.45) is 5.92 Å². The molecule has 0 unspecified atom stereocenters. The van der Waals surface area contributed by atoms with Crippen LogP contribution in [0.1, 0.15) is 29.0 Å². The summed E-state index contributed by atoms with van der Waals surface area (Å²) in [4.78, 5) is 40.2. The van der Waals surface area contributed by atoms with Gasteiger partial charge in [0.25, 0.3) is 5.91 Å². The molecule has 3 aromatic carbocycles. The highest BCUT2D eigenvalue weighted by molar-refractivity contribution is 5.94. The zero-order valence-corrected chi connectivity index (χ0v) is 19.7. The minimum absolute atomic E-state index is 0.143. The van der Waals surface area contributed by atoms with Crippen LogP contribution in [-0.2, 0) is 4.79 Å². The molecule has 0 bridgehead atoms. The van der Waals surface area contributed by atoms with Gasteiger partial charge < -0.3 is 14.1 Å². The summed E-state index contributed by atoms with van der Waals surface area (Å²) in [6.07, 6.45) is 0.932. The third-order valence-electron chi connectivity index (χ3n) is 6.53. The third kappa shape index (κ3) is 4.64. The molecular formula is C29H24FNO5. The van der Waals surface area contributed by atoms with Crippen LogP contribution in [0.4, 0.5) is 4.39 Å². The molecule has 36 heavy (non-hydrogen) atoms. The lowest BCUT2D eigenvalue weighted by molar-refractivity contribution is -0.140. The van der Waals surface area contributed by atoms with Crippen LogP contribution in [0.5, 0.6) is 5.75 Å². The first-order chi connectivity index (χ1) is 17.4. The molecule has 1 aromatic heterocycles. The number of likely N-dealkylation sites (tertiary alicyclic amines) is 1. The number of carbonyl (C=O) groups excluding carboxylic acids is 2. The summed E-state index contributed by atoms with van der Waals surface area (Å²) in [6, 6.07) is 19.5. The number of piperidine rings is 1. The molecule has 1 amide bonds. The molecule has 6 nitrogen and oxygen atoms in total. The highest BCUT2D eigenvalue weighted by Gasteiger charge is 2.29. The summed E-state index contributed by atoms with van der Waals surface area (Å²) in [7, 11) is 0. The first-order valence-electron chi connectivity index (χ1n) is 11.8. The predicted octanol–water partition coefficient (Wildman–Crippen LogP) is 5.37. The van der Waals surface area contributed by atoms with Crippen molar-refractivity contribution >= 4 is 22.8 Å². The van der Waals surface area contributed by atoms with Crippen molar-refractivity contribution in [1.29, 1.82) is 0 Å². The SMILES string of the molecule is Cc1oc2cc(OC(=O)C3CCN(C(=O)c4ccc(F)cc4)CC3)ccc2c(=O)c1-c1ccccc1. The number of fused-ring (bicyclic) bond motifs is 1. The fraction of sp³-hybridized carbons (Fsp3) is 0.207. The first-order valence-corrected chi connectivity index (χ1v) is 11.8. The zero-order valence-electron chi connectivity index (χ0n) is 19.7. The Bertz CT molecular complexity index is 1490. The van der Waals surface area contributed by atoms with Gasteiger partial charge in [0, 0.05) is 24.7 Å². The Morgan fingerprint density at radius 1 is 0.972 bits per heavy atom. The van der Waals surface area contributed by atoms with Crippen LogP contribution in [0, 0.1) is 18.7 Å². The lowest BCUT2D eigenvalue weighted by Gasteiger charge is -2.31. The minimum atomic E-state index is -0.396. The van der Waals surface area contributed by atoms with E-state index in [1.807, 2.05) is 30.3 Å². The molecule has 1 aliphatic heterocycles. The Kier molecular flexibility index (Phi) is 6.38. The molecule has 0 spiro atoms. The second kappa shape index (κ2) is 9.77. The Balaban J connectivity index is 1.27. The number of benzene rings is 3. The normalized spacial score (nSPS) is 14.1. The van der Waals surface area contributed by atoms with Crippen molar-refractivity contribution in [3.05, 3.63) is 100 Å². The number of amides is 1. The van der Waals surface area contributed by atoms with Crippen molar-refractivity contribution in [1.82, 2.24) is 4.90 Å². The van der Waals surface area contributed by atoms with Crippen LogP contribution in [0.3, 0.4) is 0 Å². The standard InChI is InChI=1S/C29H24FNO5/c1-18-26(19-5-3-2-4-6-19)27(32)24-12-11-23(17-25(24)35-18)36-29(34)21-13-15-31(16-14-21)28(33)20-7-9-22(30)10-8-20/h2-12,17,21H,13-16H2,1H3. The molecule has 0 saturated carbocycles. The van der Waals surface area contributed by atoms with Gasteiger partial charge in [0.1, 0.15) is 22.9 Å². The van der Waals surface area contributed by atoms with Crippen LogP contribution in [0.2, 0.25) is 0 Å². The lowest BCUT2D eigenvalue weighted by Crippen LogP contribution is -2.41. The van der Waals surface area contributed by atoms with Crippen molar-refractivity contribution in [2.45, 2.75) is 19.8 Å². The van der Waals surface area contributed by atoms with Gasteiger partial charge in [-0.05, 0) is 61.7 Å². The largest absolute Gasteiger partial charge is 0.460 e. The Hall–Kier alpha value is -4.26. The van der Waals surface area contributed by atoms with E-state index in [0.717, 1.165) is 5.56 Å². The van der Waals surface area contributed by atoms with E-state index in [4.69, 9.17) is 9.15 Å². The number of ether oxygens (including phenoxy) is 1. The van der Waals surface area contributed by atoms with E-state index in [-0.39, 0.29) is 23.2 Å². The number of rotatable bonds is 4. The quantitative estimate of drug-likeness (QED) is 0.287. The van der Waals surface area contributed by atoms with E-state index in [1.165, 1.54) is 24.3 Å². The Labute approximate surface area is 206 Å². The maximum Gasteiger partial charge on any atom is 0.314 e. The first kappa shape index (κ1) is 23.5. The summed E-state index contributed by atoms with van der Waals surface area (Å²) in [5.74, 6) is -0.535. The Morgan fingerprint density at radius 3 is 2.36 bits per heavy atom. The van der Waals surface area contributed by atoms with E-state index in [1.54, 1.807) is 30.0 Å². The van der Waals surface area contributed by atoms with Crippen molar-refractivity contribution in [3.63, 3.8) is 0 Å². The molecule has 2 heterocycles. The van der Waals surface area contributed by atoms with E-state index in [2.05, 4.69) is 0 Å². The van der Waals surface area contributed by atoms with Crippen molar-refractivity contribution < 1.29 is 23.1 Å². The van der Waals surface area contributed by atoms with E-state index in [0.29, 0.717) is 59.5 Å². The van der Waals surface area contributed by atoms with E-state index < -0.39 is 5.82 Å². The van der Waals surface area contributed by atoms with Gasteiger partial charge in [-0.15, -0.1) is 0 Å². The smallest absolute Gasteiger partial charge is 0.314 e. The molecule has 5 rings (SSSR count). The second-order valence-corrected chi connectivity index (χ2v) is 8.88. The number of aryl methyl sites for hydroxylation is 1. The molecule has 1 aliphatic rings. The molecule has 0 aliphatic carbocycles.